The molecular formula is C13H16BrF3N2. The van der Waals surface area contributed by atoms with Crippen LogP contribution in [0, 0.1) is 0 Å². The molecule has 0 bridgehead atoms. The van der Waals surface area contributed by atoms with E-state index in [0.29, 0.717) is 17.1 Å². The molecule has 0 spiro atoms. The van der Waals surface area contributed by atoms with Gasteiger partial charge in [-0.25, -0.2) is 0 Å². The summed E-state index contributed by atoms with van der Waals surface area (Å²) in [5.41, 5.74) is -0.490. The monoisotopic (exact) mass is 336 g/mol. The number of alkyl halides is 3. The lowest BCUT2D eigenvalue weighted by atomic mass is 10.1. The Labute approximate surface area is 119 Å². The smallest absolute Gasteiger partial charge is 0.383 e. The van der Waals surface area contributed by atoms with Crippen LogP contribution >= 0.6 is 15.9 Å². The first-order valence-electron chi connectivity index (χ1n) is 6.19. The third-order valence-electron chi connectivity index (χ3n) is 3.24. The second kappa shape index (κ2) is 5.71. The maximum absolute atomic E-state index is 12.8. The van der Waals surface area contributed by atoms with Crippen molar-refractivity contribution in [2.75, 3.05) is 25.5 Å². The van der Waals surface area contributed by atoms with Crippen molar-refractivity contribution in [3.8, 4) is 0 Å². The number of rotatable bonds is 5. The van der Waals surface area contributed by atoms with Crippen LogP contribution < -0.4 is 5.32 Å². The number of hydrogen-bond acceptors (Lipinski definition) is 2. The van der Waals surface area contributed by atoms with Gasteiger partial charge in [0.05, 0.1) is 5.56 Å². The second-order valence-electron chi connectivity index (χ2n) is 4.83. The van der Waals surface area contributed by atoms with Gasteiger partial charge >= 0.3 is 6.18 Å². The fourth-order valence-electron chi connectivity index (χ4n) is 1.97. The first-order chi connectivity index (χ1) is 8.88. The maximum Gasteiger partial charge on any atom is 0.418 e. The molecular weight excluding hydrogens is 321 g/mol. The molecule has 1 saturated carbocycles. The minimum Gasteiger partial charge on any atom is -0.383 e. The van der Waals surface area contributed by atoms with Crippen molar-refractivity contribution in [3.05, 3.63) is 28.2 Å². The highest BCUT2D eigenvalue weighted by Crippen LogP contribution is 2.36. The van der Waals surface area contributed by atoms with Gasteiger partial charge in [-0.2, -0.15) is 13.2 Å². The van der Waals surface area contributed by atoms with E-state index in [1.54, 1.807) is 0 Å². The van der Waals surface area contributed by atoms with E-state index in [4.69, 9.17) is 0 Å². The normalized spacial score (nSPS) is 15.9. The van der Waals surface area contributed by atoms with Crippen molar-refractivity contribution in [2.24, 2.45) is 0 Å². The molecule has 2 rings (SSSR count). The Morgan fingerprint density at radius 1 is 1.37 bits per heavy atom. The van der Waals surface area contributed by atoms with Crippen LogP contribution in [0.2, 0.25) is 0 Å². The van der Waals surface area contributed by atoms with Crippen LogP contribution in [-0.4, -0.2) is 31.1 Å². The van der Waals surface area contributed by atoms with Gasteiger partial charge in [0.2, 0.25) is 0 Å². The highest BCUT2D eigenvalue weighted by Gasteiger charge is 2.33. The minimum absolute atomic E-state index is 0.131. The number of benzene rings is 1. The zero-order chi connectivity index (χ0) is 14.0. The van der Waals surface area contributed by atoms with E-state index < -0.39 is 11.7 Å². The molecule has 1 aliphatic carbocycles. The van der Waals surface area contributed by atoms with Crippen molar-refractivity contribution >= 4 is 21.6 Å². The lowest BCUT2D eigenvalue weighted by molar-refractivity contribution is -0.137. The highest BCUT2D eigenvalue weighted by atomic mass is 79.9. The SMILES string of the molecule is CN(CCNc1cc(Br)ccc1C(F)(F)F)C1CC1. The summed E-state index contributed by atoms with van der Waals surface area (Å²) in [6, 6.07) is 4.59. The van der Waals surface area contributed by atoms with Crippen LogP contribution in [0.3, 0.4) is 0 Å². The van der Waals surface area contributed by atoms with Gasteiger partial charge in [-0.15, -0.1) is 0 Å². The summed E-state index contributed by atoms with van der Waals surface area (Å²) in [5, 5.41) is 2.88. The Balaban J connectivity index is 1.99. The quantitative estimate of drug-likeness (QED) is 0.875. The summed E-state index contributed by atoms with van der Waals surface area (Å²) in [4.78, 5) is 2.18. The molecule has 106 valence electrons. The van der Waals surface area contributed by atoms with Gasteiger partial charge in [0.1, 0.15) is 0 Å². The van der Waals surface area contributed by atoms with Crippen LogP contribution in [0.5, 0.6) is 0 Å². The predicted octanol–water partition coefficient (Wildman–Crippen LogP) is 3.97. The largest absolute Gasteiger partial charge is 0.418 e. The van der Waals surface area contributed by atoms with E-state index in [1.807, 2.05) is 7.05 Å². The highest BCUT2D eigenvalue weighted by molar-refractivity contribution is 9.10. The average Bonchev–Trinajstić information content (AvgIpc) is 3.10. The molecule has 1 aromatic carbocycles. The predicted molar refractivity (Wildman–Crippen MR) is 73.3 cm³/mol. The van der Waals surface area contributed by atoms with Gasteiger partial charge in [0.25, 0.3) is 0 Å². The second-order valence-corrected chi connectivity index (χ2v) is 5.74. The van der Waals surface area contributed by atoms with E-state index in [0.717, 1.165) is 12.6 Å². The van der Waals surface area contributed by atoms with Crippen LogP contribution in [-0.2, 0) is 6.18 Å². The lowest BCUT2D eigenvalue weighted by Crippen LogP contribution is -2.27. The number of likely N-dealkylation sites (N-methyl/N-ethyl adjacent to an activating group) is 1. The molecule has 1 aromatic rings. The molecule has 19 heavy (non-hydrogen) atoms. The van der Waals surface area contributed by atoms with E-state index in [9.17, 15) is 13.2 Å². The summed E-state index contributed by atoms with van der Waals surface area (Å²) in [5.74, 6) is 0. The standard InChI is InChI=1S/C13H16BrF3N2/c1-19(10-3-4-10)7-6-18-12-8-9(14)2-5-11(12)13(15,16)17/h2,5,8,10,18H,3-4,6-7H2,1H3. The molecule has 1 aliphatic rings. The molecule has 0 aliphatic heterocycles. The Morgan fingerprint density at radius 3 is 2.63 bits per heavy atom. The summed E-state index contributed by atoms with van der Waals surface area (Å²) < 4.78 is 39.2. The Morgan fingerprint density at radius 2 is 2.05 bits per heavy atom. The zero-order valence-corrected chi connectivity index (χ0v) is 12.2. The molecule has 0 saturated heterocycles. The maximum atomic E-state index is 12.8. The molecule has 0 amide bonds. The van der Waals surface area contributed by atoms with Crippen molar-refractivity contribution in [3.63, 3.8) is 0 Å². The summed E-state index contributed by atoms with van der Waals surface area (Å²) in [7, 11) is 2.00. The molecule has 0 radical (unpaired) electrons. The number of anilines is 1. The molecule has 2 nitrogen and oxygen atoms in total. The fraction of sp³-hybridized carbons (Fsp3) is 0.538. The van der Waals surface area contributed by atoms with Crippen LogP contribution in [0.4, 0.5) is 18.9 Å². The number of halogens is 4. The Hall–Kier alpha value is -0.750. The van der Waals surface area contributed by atoms with Crippen molar-refractivity contribution in [1.82, 2.24) is 4.90 Å². The molecule has 1 fully saturated rings. The third-order valence-corrected chi connectivity index (χ3v) is 3.73. The third kappa shape index (κ3) is 4.11. The zero-order valence-electron chi connectivity index (χ0n) is 10.6. The summed E-state index contributed by atoms with van der Waals surface area (Å²) in [6.07, 6.45) is -1.94. The van der Waals surface area contributed by atoms with E-state index in [-0.39, 0.29) is 5.69 Å². The van der Waals surface area contributed by atoms with Gasteiger partial charge < -0.3 is 10.2 Å². The molecule has 0 atom stereocenters. The van der Waals surface area contributed by atoms with Crippen molar-refractivity contribution in [2.45, 2.75) is 25.1 Å². The van der Waals surface area contributed by atoms with Crippen LogP contribution in [0.25, 0.3) is 0 Å². The number of nitrogens with zero attached hydrogens (tertiary/aromatic N) is 1. The van der Waals surface area contributed by atoms with Gasteiger partial charge in [0, 0.05) is 29.3 Å². The molecule has 0 unspecified atom stereocenters. The average molecular weight is 337 g/mol. The molecule has 0 aromatic heterocycles. The van der Waals surface area contributed by atoms with E-state index in [1.165, 1.54) is 25.0 Å². The topological polar surface area (TPSA) is 15.3 Å². The van der Waals surface area contributed by atoms with E-state index >= 15 is 0 Å². The first kappa shape index (κ1) is 14.7. The van der Waals surface area contributed by atoms with Gasteiger partial charge in [0.15, 0.2) is 0 Å². The summed E-state index contributed by atoms with van der Waals surface area (Å²) in [6.45, 7) is 1.25. The summed E-state index contributed by atoms with van der Waals surface area (Å²) >= 11 is 3.20. The Bertz CT molecular complexity index is 444. The number of hydrogen-bond donors (Lipinski definition) is 1. The molecule has 0 heterocycles. The van der Waals surface area contributed by atoms with E-state index in [2.05, 4.69) is 26.1 Å². The minimum atomic E-state index is -4.33. The van der Waals surface area contributed by atoms with Gasteiger partial charge in [-0.05, 0) is 38.1 Å². The van der Waals surface area contributed by atoms with Crippen molar-refractivity contribution in [1.29, 1.82) is 0 Å². The first-order valence-corrected chi connectivity index (χ1v) is 6.98. The fourth-order valence-corrected chi connectivity index (χ4v) is 2.34. The van der Waals surface area contributed by atoms with Crippen LogP contribution in [0.15, 0.2) is 22.7 Å². The van der Waals surface area contributed by atoms with Crippen LogP contribution in [0.1, 0.15) is 18.4 Å². The molecule has 6 heteroatoms. The lowest BCUT2D eigenvalue weighted by Gasteiger charge is -2.18. The van der Waals surface area contributed by atoms with Gasteiger partial charge in [-0.3, -0.25) is 0 Å². The van der Waals surface area contributed by atoms with Gasteiger partial charge in [-0.1, -0.05) is 15.9 Å². The Kier molecular flexibility index (Phi) is 4.40. The molecule has 1 N–H and O–H groups in total. The van der Waals surface area contributed by atoms with Crippen molar-refractivity contribution < 1.29 is 13.2 Å². The number of nitrogens with one attached hydrogen (secondary N) is 1.